The van der Waals surface area contributed by atoms with Crippen molar-refractivity contribution in [1.82, 2.24) is 0 Å². The molecule has 0 unspecified atom stereocenters. The van der Waals surface area contributed by atoms with Crippen molar-refractivity contribution in [1.29, 1.82) is 0 Å². The predicted octanol–water partition coefficient (Wildman–Crippen LogP) is 4.23. The molecule has 0 saturated heterocycles. The minimum atomic E-state index is -0.0299. The Bertz CT molecular complexity index is 623. The number of benzene rings is 2. The van der Waals surface area contributed by atoms with Gasteiger partial charge >= 0.3 is 0 Å². The van der Waals surface area contributed by atoms with Gasteiger partial charge in [0, 0.05) is 12.1 Å². The van der Waals surface area contributed by atoms with Gasteiger partial charge in [0.25, 0.3) is 0 Å². The van der Waals surface area contributed by atoms with Crippen LogP contribution in [0.2, 0.25) is 5.02 Å². The Labute approximate surface area is 129 Å². The van der Waals surface area contributed by atoms with E-state index in [2.05, 4.69) is 5.32 Å². The van der Waals surface area contributed by atoms with Gasteiger partial charge < -0.3 is 10.1 Å². The van der Waals surface area contributed by atoms with E-state index < -0.39 is 0 Å². The van der Waals surface area contributed by atoms with Crippen LogP contribution in [-0.2, 0) is 11.2 Å². The second-order valence-electron chi connectivity index (χ2n) is 4.85. The number of ether oxygens (including phenoxy) is 1. The van der Waals surface area contributed by atoms with Crippen LogP contribution in [0.3, 0.4) is 0 Å². The van der Waals surface area contributed by atoms with Crippen LogP contribution in [0.5, 0.6) is 5.75 Å². The summed E-state index contributed by atoms with van der Waals surface area (Å²) in [4.78, 5) is 12.0. The molecule has 0 aliphatic rings. The van der Waals surface area contributed by atoms with Crippen LogP contribution in [0, 0.1) is 6.92 Å². The van der Waals surface area contributed by atoms with Crippen LogP contribution in [0.4, 0.5) is 5.69 Å². The fraction of sp³-hybridized carbons (Fsp3) is 0.235. The Morgan fingerprint density at radius 3 is 2.57 bits per heavy atom. The number of carbonyl (C=O) groups is 1. The molecule has 0 aliphatic heterocycles. The Balaban J connectivity index is 1.94. The van der Waals surface area contributed by atoms with Gasteiger partial charge in [-0.1, -0.05) is 41.4 Å². The number of anilines is 1. The Hall–Kier alpha value is -2.00. The van der Waals surface area contributed by atoms with Crippen LogP contribution >= 0.6 is 11.6 Å². The molecule has 0 saturated carbocycles. The molecule has 0 fully saturated rings. The van der Waals surface area contributed by atoms with E-state index in [0.717, 1.165) is 16.8 Å². The third kappa shape index (κ3) is 4.23. The number of hydrogen-bond donors (Lipinski definition) is 1. The molecule has 1 N–H and O–H groups in total. The van der Waals surface area contributed by atoms with Gasteiger partial charge in [0.1, 0.15) is 5.75 Å². The summed E-state index contributed by atoms with van der Waals surface area (Å²) < 4.78 is 5.17. The second-order valence-corrected chi connectivity index (χ2v) is 5.23. The Morgan fingerprint density at radius 2 is 1.90 bits per heavy atom. The lowest BCUT2D eigenvalue weighted by atomic mass is 10.1. The summed E-state index contributed by atoms with van der Waals surface area (Å²) in [6.45, 7) is 2.01. The van der Waals surface area contributed by atoms with Gasteiger partial charge in [0.2, 0.25) is 5.91 Å². The number of methoxy groups -OCH3 is 1. The van der Waals surface area contributed by atoms with E-state index >= 15 is 0 Å². The van der Waals surface area contributed by atoms with Crippen LogP contribution < -0.4 is 10.1 Å². The number of hydrogen-bond acceptors (Lipinski definition) is 2. The standard InChI is InChI=1S/C17H18ClNO2/c1-12-6-9-14(10-7-12)19-16(20)11-8-13-4-3-5-15(21-2)17(13)18/h3-7,9-10H,8,11H2,1-2H3,(H,19,20). The molecule has 1 amide bonds. The van der Waals surface area contributed by atoms with E-state index in [1.54, 1.807) is 13.2 Å². The molecular formula is C17H18ClNO2. The molecule has 0 radical (unpaired) electrons. The molecule has 2 aromatic rings. The quantitative estimate of drug-likeness (QED) is 0.897. The van der Waals surface area contributed by atoms with Gasteiger partial charge in [0.05, 0.1) is 12.1 Å². The van der Waals surface area contributed by atoms with Crippen molar-refractivity contribution < 1.29 is 9.53 Å². The molecule has 2 aromatic carbocycles. The first-order valence-corrected chi connectivity index (χ1v) is 7.16. The third-order valence-corrected chi connectivity index (χ3v) is 3.65. The zero-order valence-corrected chi connectivity index (χ0v) is 12.9. The SMILES string of the molecule is COc1cccc(CCC(=O)Nc2ccc(C)cc2)c1Cl. The van der Waals surface area contributed by atoms with Gasteiger partial charge in [-0.2, -0.15) is 0 Å². The van der Waals surface area contributed by atoms with Crippen LogP contribution in [0.1, 0.15) is 17.5 Å². The highest BCUT2D eigenvalue weighted by Gasteiger charge is 2.09. The van der Waals surface area contributed by atoms with Gasteiger partial charge in [-0.25, -0.2) is 0 Å². The Kier molecular flexibility index (Phi) is 5.23. The number of halogens is 1. The first-order valence-electron chi connectivity index (χ1n) is 6.78. The largest absolute Gasteiger partial charge is 0.495 e. The van der Waals surface area contributed by atoms with Gasteiger partial charge in [-0.05, 0) is 37.1 Å². The Morgan fingerprint density at radius 1 is 1.19 bits per heavy atom. The molecule has 2 rings (SSSR count). The van der Waals surface area contributed by atoms with Gasteiger partial charge in [-0.15, -0.1) is 0 Å². The maximum absolute atomic E-state index is 12.0. The van der Waals surface area contributed by atoms with E-state index in [-0.39, 0.29) is 5.91 Å². The van der Waals surface area contributed by atoms with Crippen LogP contribution in [0.15, 0.2) is 42.5 Å². The maximum Gasteiger partial charge on any atom is 0.224 e. The van der Waals surface area contributed by atoms with Gasteiger partial charge in [-0.3, -0.25) is 4.79 Å². The van der Waals surface area contributed by atoms with E-state index in [1.807, 2.05) is 43.3 Å². The molecule has 0 heterocycles. The number of nitrogens with one attached hydrogen (secondary N) is 1. The molecule has 0 aliphatic carbocycles. The second kappa shape index (κ2) is 7.14. The van der Waals surface area contributed by atoms with E-state index in [4.69, 9.17) is 16.3 Å². The number of aryl methyl sites for hydroxylation is 2. The molecule has 110 valence electrons. The topological polar surface area (TPSA) is 38.3 Å². The lowest BCUT2D eigenvalue weighted by Gasteiger charge is -2.09. The van der Waals surface area contributed by atoms with E-state index in [9.17, 15) is 4.79 Å². The number of rotatable bonds is 5. The first kappa shape index (κ1) is 15.4. The van der Waals surface area contributed by atoms with Crippen molar-refractivity contribution in [3.8, 4) is 5.75 Å². The number of carbonyl (C=O) groups excluding carboxylic acids is 1. The fourth-order valence-electron chi connectivity index (χ4n) is 2.02. The van der Waals surface area contributed by atoms with Crippen molar-refractivity contribution in [2.75, 3.05) is 12.4 Å². The minimum absolute atomic E-state index is 0.0299. The molecule has 4 heteroatoms. The van der Waals surface area contributed by atoms with Crippen LogP contribution in [0.25, 0.3) is 0 Å². The summed E-state index contributed by atoms with van der Waals surface area (Å²) in [5.41, 5.74) is 2.88. The molecule has 0 bridgehead atoms. The first-order chi connectivity index (χ1) is 10.1. The summed E-state index contributed by atoms with van der Waals surface area (Å²) in [6.07, 6.45) is 0.953. The summed E-state index contributed by atoms with van der Waals surface area (Å²) >= 11 is 6.21. The highest BCUT2D eigenvalue weighted by molar-refractivity contribution is 6.32. The highest BCUT2D eigenvalue weighted by atomic mass is 35.5. The summed E-state index contributed by atoms with van der Waals surface area (Å²) in [7, 11) is 1.58. The average molecular weight is 304 g/mol. The molecule has 3 nitrogen and oxygen atoms in total. The van der Waals surface area contributed by atoms with Crippen molar-refractivity contribution in [2.24, 2.45) is 0 Å². The van der Waals surface area contributed by atoms with Crippen molar-refractivity contribution in [2.45, 2.75) is 19.8 Å². The zero-order chi connectivity index (χ0) is 15.2. The molecule has 0 aromatic heterocycles. The smallest absolute Gasteiger partial charge is 0.224 e. The van der Waals surface area contributed by atoms with Crippen molar-refractivity contribution >= 4 is 23.2 Å². The van der Waals surface area contributed by atoms with Crippen molar-refractivity contribution in [3.05, 3.63) is 58.6 Å². The summed E-state index contributed by atoms with van der Waals surface area (Å²) in [6, 6.07) is 13.3. The summed E-state index contributed by atoms with van der Waals surface area (Å²) in [5.74, 6) is 0.603. The van der Waals surface area contributed by atoms with Crippen molar-refractivity contribution in [3.63, 3.8) is 0 Å². The lowest BCUT2D eigenvalue weighted by Crippen LogP contribution is -2.12. The average Bonchev–Trinajstić information content (AvgIpc) is 2.48. The maximum atomic E-state index is 12.0. The zero-order valence-electron chi connectivity index (χ0n) is 12.2. The monoisotopic (exact) mass is 303 g/mol. The highest BCUT2D eigenvalue weighted by Crippen LogP contribution is 2.28. The third-order valence-electron chi connectivity index (χ3n) is 3.22. The number of amides is 1. The fourth-order valence-corrected chi connectivity index (χ4v) is 2.31. The predicted molar refractivity (Wildman–Crippen MR) is 86.1 cm³/mol. The molecule has 21 heavy (non-hydrogen) atoms. The minimum Gasteiger partial charge on any atom is -0.495 e. The van der Waals surface area contributed by atoms with E-state index in [1.165, 1.54) is 0 Å². The molecule has 0 atom stereocenters. The lowest BCUT2D eigenvalue weighted by molar-refractivity contribution is -0.116. The van der Waals surface area contributed by atoms with Crippen LogP contribution in [-0.4, -0.2) is 13.0 Å². The van der Waals surface area contributed by atoms with Gasteiger partial charge in [0.15, 0.2) is 0 Å². The molecule has 0 spiro atoms. The normalized spacial score (nSPS) is 10.2. The molecular weight excluding hydrogens is 286 g/mol. The van der Waals surface area contributed by atoms with E-state index in [0.29, 0.717) is 23.6 Å². The summed E-state index contributed by atoms with van der Waals surface area (Å²) in [5, 5.41) is 3.45.